The van der Waals surface area contributed by atoms with Gasteiger partial charge in [-0.3, -0.25) is 14.6 Å². The van der Waals surface area contributed by atoms with Gasteiger partial charge in [0.2, 0.25) is 0 Å². The summed E-state index contributed by atoms with van der Waals surface area (Å²) in [5.41, 5.74) is 3.84. The van der Waals surface area contributed by atoms with Gasteiger partial charge in [-0.25, -0.2) is 9.37 Å². The number of nitrogens with one attached hydrogen (secondary N) is 3. The fourth-order valence-electron chi connectivity index (χ4n) is 4.33. The minimum absolute atomic E-state index is 0.0609. The average Bonchev–Trinajstić information content (AvgIpc) is 3.46. The van der Waals surface area contributed by atoms with Gasteiger partial charge in [0, 0.05) is 40.5 Å². The van der Waals surface area contributed by atoms with E-state index in [0.29, 0.717) is 34.0 Å². The lowest BCUT2D eigenvalue weighted by atomic mass is 10.0. The molecule has 0 unspecified atom stereocenters. The molecule has 0 bridgehead atoms. The number of carbonyl (C=O) groups excluding carboxylic acids is 2. The minimum Gasteiger partial charge on any atom is -0.378 e. The lowest BCUT2D eigenvalue weighted by molar-refractivity contribution is -0.120. The Balaban J connectivity index is 1.45. The number of hydrogen-bond acceptors (Lipinski definition) is 5. The molecule has 5 aromatic rings. The highest BCUT2D eigenvalue weighted by Gasteiger charge is 2.16. The Kier molecular flexibility index (Phi) is 7.68. The van der Waals surface area contributed by atoms with Gasteiger partial charge in [0.15, 0.2) is 11.6 Å². The summed E-state index contributed by atoms with van der Waals surface area (Å²) >= 11 is 0. The average molecular weight is 536 g/mol. The highest BCUT2D eigenvalue weighted by molar-refractivity contribution is 5.97. The van der Waals surface area contributed by atoms with Crippen molar-refractivity contribution < 1.29 is 14.0 Å². The summed E-state index contributed by atoms with van der Waals surface area (Å²) in [4.78, 5) is 38.1. The van der Waals surface area contributed by atoms with Gasteiger partial charge in [-0.1, -0.05) is 50.2 Å². The van der Waals surface area contributed by atoms with E-state index in [0.717, 1.165) is 16.3 Å². The van der Waals surface area contributed by atoms with Gasteiger partial charge >= 0.3 is 0 Å². The molecule has 40 heavy (non-hydrogen) atoms. The zero-order valence-corrected chi connectivity index (χ0v) is 22.5. The Hall–Kier alpha value is -4.85. The van der Waals surface area contributed by atoms with Crippen molar-refractivity contribution in [3.8, 4) is 22.8 Å². The first-order valence-corrected chi connectivity index (χ1v) is 13.2. The van der Waals surface area contributed by atoms with E-state index in [-0.39, 0.29) is 36.0 Å². The predicted octanol–water partition coefficient (Wildman–Crippen LogP) is 6.56. The number of fused-ring (bicyclic) bond motifs is 1. The third-order valence-corrected chi connectivity index (χ3v) is 6.77. The molecule has 5 rings (SSSR count). The Labute approximate surface area is 231 Å². The summed E-state index contributed by atoms with van der Waals surface area (Å²) in [6.45, 7) is 5.68. The van der Waals surface area contributed by atoms with Crippen molar-refractivity contribution in [2.24, 2.45) is 5.92 Å². The predicted molar refractivity (Wildman–Crippen MR) is 155 cm³/mol. The van der Waals surface area contributed by atoms with E-state index >= 15 is 0 Å². The van der Waals surface area contributed by atoms with Crippen molar-refractivity contribution in [2.45, 2.75) is 26.8 Å². The van der Waals surface area contributed by atoms with Crippen LogP contribution in [-0.4, -0.2) is 33.2 Å². The number of aromatic amines is 1. The molecule has 0 radical (unpaired) electrons. The number of nitrogens with zero attached hydrogens (tertiary/aromatic N) is 2. The molecule has 1 atom stereocenters. The molecule has 202 valence electrons. The summed E-state index contributed by atoms with van der Waals surface area (Å²) in [7, 11) is 0. The van der Waals surface area contributed by atoms with Crippen LogP contribution in [0.15, 0.2) is 85.2 Å². The first kappa shape index (κ1) is 26.7. The fourth-order valence-corrected chi connectivity index (χ4v) is 4.33. The van der Waals surface area contributed by atoms with Gasteiger partial charge in [0.25, 0.3) is 5.91 Å². The first-order valence-electron chi connectivity index (χ1n) is 13.2. The lowest BCUT2D eigenvalue weighted by Gasteiger charge is -2.16. The Morgan fingerprint density at radius 1 is 0.925 bits per heavy atom. The zero-order chi connectivity index (χ0) is 28.2. The molecule has 1 amide bonds. The maximum absolute atomic E-state index is 13.4. The number of amides is 1. The van der Waals surface area contributed by atoms with E-state index < -0.39 is 0 Å². The van der Waals surface area contributed by atoms with E-state index in [2.05, 4.69) is 20.6 Å². The molecule has 0 aliphatic rings. The Bertz CT molecular complexity index is 1680. The summed E-state index contributed by atoms with van der Waals surface area (Å²) in [5, 5.41) is 8.23. The molecule has 0 spiro atoms. The van der Waals surface area contributed by atoms with Crippen molar-refractivity contribution in [1.82, 2.24) is 20.3 Å². The van der Waals surface area contributed by atoms with E-state index in [1.54, 1.807) is 30.5 Å². The van der Waals surface area contributed by atoms with E-state index in [1.807, 2.05) is 63.4 Å². The second-order valence-corrected chi connectivity index (χ2v) is 10.1. The molecule has 8 heteroatoms. The first-order chi connectivity index (χ1) is 19.3. The third kappa shape index (κ3) is 6.07. The summed E-state index contributed by atoms with van der Waals surface area (Å²) < 4.78 is 13.4. The lowest BCUT2D eigenvalue weighted by Crippen LogP contribution is -2.27. The number of benzene rings is 3. The van der Waals surface area contributed by atoms with Crippen LogP contribution in [0.5, 0.6) is 0 Å². The number of imidazole rings is 1. The van der Waals surface area contributed by atoms with Crippen LogP contribution in [0.3, 0.4) is 0 Å². The highest BCUT2D eigenvalue weighted by Crippen LogP contribution is 2.27. The number of pyridine rings is 1. The SMILES string of the molecule is CC(C)C(=O)CNc1cc(C(=O)N[C@H](C)c2ccc(F)cc2)cc(-c2c[nH]c(-c3cc4ccccc4cn3)n2)c1. The standard InChI is InChI=1S/C32H30FN5O2/c1-19(2)30(39)18-34-27-13-24(12-25(14-27)32(40)37-20(3)21-8-10-26(33)11-9-21)29-17-36-31(38-29)28-15-22-6-4-5-7-23(22)16-35-28/h4-17,19-20,34H,18H2,1-3H3,(H,36,38)(H,37,40)/t20-/m1/s1. The van der Waals surface area contributed by atoms with Gasteiger partial charge in [-0.2, -0.15) is 0 Å². The van der Waals surface area contributed by atoms with Crippen molar-refractivity contribution in [1.29, 1.82) is 0 Å². The number of rotatable bonds is 9. The Morgan fingerprint density at radius 2 is 1.68 bits per heavy atom. The minimum atomic E-state index is -0.341. The molecule has 3 aromatic carbocycles. The number of Topliss-reactive ketones (excluding diaryl/α,β-unsaturated/α-hetero) is 1. The third-order valence-electron chi connectivity index (χ3n) is 6.77. The molecule has 3 N–H and O–H groups in total. The number of H-pyrrole nitrogens is 1. The monoisotopic (exact) mass is 535 g/mol. The quantitative estimate of drug-likeness (QED) is 0.199. The van der Waals surface area contributed by atoms with E-state index in [9.17, 15) is 14.0 Å². The smallest absolute Gasteiger partial charge is 0.251 e. The highest BCUT2D eigenvalue weighted by atomic mass is 19.1. The van der Waals surface area contributed by atoms with Gasteiger partial charge in [0.05, 0.1) is 18.3 Å². The largest absolute Gasteiger partial charge is 0.378 e. The molecule has 2 aromatic heterocycles. The van der Waals surface area contributed by atoms with Gasteiger partial charge in [-0.05, 0) is 54.3 Å². The van der Waals surface area contributed by atoms with E-state index in [4.69, 9.17) is 4.98 Å². The van der Waals surface area contributed by atoms with Gasteiger partial charge in [-0.15, -0.1) is 0 Å². The van der Waals surface area contributed by atoms with Crippen molar-refractivity contribution >= 4 is 28.2 Å². The van der Waals surface area contributed by atoms with Gasteiger partial charge < -0.3 is 15.6 Å². The Morgan fingerprint density at radius 3 is 2.42 bits per heavy atom. The molecule has 0 saturated carbocycles. The van der Waals surface area contributed by atoms with Crippen molar-refractivity contribution in [3.05, 3.63) is 102 Å². The zero-order valence-electron chi connectivity index (χ0n) is 22.5. The second kappa shape index (κ2) is 11.5. The van der Waals surface area contributed by atoms with Crippen LogP contribution in [0, 0.1) is 11.7 Å². The fraction of sp³-hybridized carbons (Fsp3) is 0.188. The number of ketones is 1. The second-order valence-electron chi connectivity index (χ2n) is 10.1. The maximum atomic E-state index is 13.4. The van der Waals surface area contributed by atoms with Crippen LogP contribution in [0.4, 0.5) is 10.1 Å². The maximum Gasteiger partial charge on any atom is 0.251 e. The number of hydrogen-bond donors (Lipinski definition) is 3. The van der Waals surface area contributed by atoms with Gasteiger partial charge in [0.1, 0.15) is 11.5 Å². The summed E-state index contributed by atoms with van der Waals surface area (Å²) in [5.74, 6) is -0.0862. The van der Waals surface area contributed by atoms with Crippen molar-refractivity contribution in [2.75, 3.05) is 11.9 Å². The molecule has 0 aliphatic carbocycles. The van der Waals surface area contributed by atoms with E-state index in [1.165, 1.54) is 12.1 Å². The van der Waals surface area contributed by atoms with Crippen LogP contribution in [0.25, 0.3) is 33.5 Å². The number of halogens is 1. The molecule has 2 heterocycles. The number of anilines is 1. The van der Waals surface area contributed by atoms with Crippen molar-refractivity contribution in [3.63, 3.8) is 0 Å². The molecule has 7 nitrogen and oxygen atoms in total. The molecule has 0 saturated heterocycles. The topological polar surface area (TPSA) is 99.8 Å². The van der Waals surface area contributed by atoms with Crippen LogP contribution in [-0.2, 0) is 4.79 Å². The van der Waals surface area contributed by atoms with Crippen LogP contribution < -0.4 is 10.6 Å². The number of aromatic nitrogens is 3. The van der Waals surface area contributed by atoms with Crippen LogP contribution >= 0.6 is 0 Å². The van der Waals surface area contributed by atoms with Crippen LogP contribution in [0.1, 0.15) is 42.7 Å². The summed E-state index contributed by atoms with van der Waals surface area (Å²) in [6.07, 6.45) is 3.58. The molecular formula is C32H30FN5O2. The molecule has 0 fully saturated rings. The van der Waals surface area contributed by atoms with Crippen LogP contribution in [0.2, 0.25) is 0 Å². The molecular weight excluding hydrogens is 505 g/mol. The normalized spacial score (nSPS) is 11.9. The molecule has 0 aliphatic heterocycles. The number of carbonyl (C=O) groups is 2. The summed E-state index contributed by atoms with van der Waals surface area (Å²) in [6, 6.07) is 21.0.